The first kappa shape index (κ1) is 8.51. The predicted molar refractivity (Wildman–Crippen MR) is 43.6 cm³/mol. The molecule has 1 aromatic carbocycles. The van der Waals surface area contributed by atoms with E-state index in [9.17, 15) is 4.79 Å². The number of benzene rings is 1. The highest BCUT2D eigenvalue weighted by atomic mass is 16.7. The van der Waals surface area contributed by atoms with Crippen LogP contribution in [0.4, 0.5) is 5.69 Å². The highest BCUT2D eigenvalue weighted by molar-refractivity contribution is 5.90. The van der Waals surface area contributed by atoms with Crippen molar-refractivity contribution in [2.45, 2.75) is 0 Å². The van der Waals surface area contributed by atoms with Crippen molar-refractivity contribution in [2.24, 2.45) is 5.84 Å². The summed E-state index contributed by atoms with van der Waals surface area (Å²) in [6.07, 6.45) is 0. The molecule has 0 saturated heterocycles. The summed E-state index contributed by atoms with van der Waals surface area (Å²) in [5.74, 6) is 4.22. The number of anilines is 1. The fourth-order valence-electron chi connectivity index (χ4n) is 0.778. The molecule has 64 valence electrons. The minimum atomic E-state index is -0.565. The highest BCUT2D eigenvalue weighted by Gasteiger charge is 2.05. The van der Waals surface area contributed by atoms with Crippen molar-refractivity contribution < 1.29 is 9.63 Å². The molecule has 0 bridgehead atoms. The first-order chi connectivity index (χ1) is 5.74. The molecular weight excluding hydrogens is 158 g/mol. The van der Waals surface area contributed by atoms with Gasteiger partial charge < -0.3 is 10.6 Å². The zero-order valence-electron chi connectivity index (χ0n) is 6.28. The third kappa shape index (κ3) is 1.94. The van der Waals surface area contributed by atoms with E-state index in [0.29, 0.717) is 11.3 Å². The van der Waals surface area contributed by atoms with E-state index in [0.717, 1.165) is 0 Å². The molecule has 0 aliphatic heterocycles. The van der Waals surface area contributed by atoms with Gasteiger partial charge in [-0.25, -0.2) is 10.6 Å². The molecule has 0 atom stereocenters. The largest absolute Gasteiger partial charge is 0.399 e. The van der Waals surface area contributed by atoms with Crippen LogP contribution in [-0.4, -0.2) is 5.97 Å². The number of carbonyl (C=O) groups excluding carboxylic acids is 1. The summed E-state index contributed by atoms with van der Waals surface area (Å²) in [6, 6.07) is 6.41. The number of hydrazine groups is 1. The molecule has 0 aliphatic rings. The van der Waals surface area contributed by atoms with Crippen molar-refractivity contribution in [1.29, 1.82) is 0 Å². The van der Waals surface area contributed by atoms with Crippen molar-refractivity contribution in [3.63, 3.8) is 0 Å². The zero-order chi connectivity index (χ0) is 8.97. The van der Waals surface area contributed by atoms with E-state index in [1.54, 1.807) is 23.8 Å². The summed E-state index contributed by atoms with van der Waals surface area (Å²) < 4.78 is 0. The number of nitrogens with one attached hydrogen (secondary N) is 1. The number of hydrogen-bond acceptors (Lipinski definition) is 5. The monoisotopic (exact) mass is 167 g/mol. The van der Waals surface area contributed by atoms with Gasteiger partial charge in [0.25, 0.3) is 0 Å². The Morgan fingerprint density at radius 2 is 2.25 bits per heavy atom. The molecule has 0 unspecified atom stereocenters. The molecule has 0 radical (unpaired) electrons. The molecule has 5 N–H and O–H groups in total. The molecule has 0 amide bonds. The van der Waals surface area contributed by atoms with Crippen molar-refractivity contribution in [2.75, 3.05) is 5.73 Å². The number of carbonyl (C=O) groups is 1. The van der Waals surface area contributed by atoms with E-state index < -0.39 is 5.97 Å². The molecule has 0 heterocycles. The van der Waals surface area contributed by atoms with Crippen LogP contribution in [0.15, 0.2) is 24.3 Å². The molecule has 0 aliphatic carbocycles. The molecule has 0 aromatic heterocycles. The fraction of sp³-hybridized carbons (Fsp3) is 0. The second-order valence-electron chi connectivity index (χ2n) is 2.13. The minimum absolute atomic E-state index is 0.355. The molecule has 1 aromatic rings. The smallest absolute Gasteiger partial charge is 0.358 e. The van der Waals surface area contributed by atoms with Crippen LogP contribution in [-0.2, 0) is 4.84 Å². The first-order valence-electron chi connectivity index (χ1n) is 3.26. The van der Waals surface area contributed by atoms with Crippen LogP contribution in [0.3, 0.4) is 0 Å². The van der Waals surface area contributed by atoms with Gasteiger partial charge in [-0.3, -0.25) is 0 Å². The second kappa shape index (κ2) is 3.70. The molecule has 0 saturated carbocycles. The van der Waals surface area contributed by atoms with Gasteiger partial charge in [-0.05, 0) is 18.2 Å². The Morgan fingerprint density at radius 1 is 1.50 bits per heavy atom. The van der Waals surface area contributed by atoms with Gasteiger partial charge in [0.05, 0.1) is 5.56 Å². The van der Waals surface area contributed by atoms with Gasteiger partial charge in [0, 0.05) is 5.69 Å². The molecule has 1 rings (SSSR count). The number of nitrogen functional groups attached to an aromatic ring is 1. The lowest BCUT2D eigenvalue weighted by Crippen LogP contribution is -2.26. The van der Waals surface area contributed by atoms with Crippen molar-refractivity contribution in [3.05, 3.63) is 29.8 Å². The molecule has 0 spiro atoms. The summed E-state index contributed by atoms with van der Waals surface area (Å²) in [6.45, 7) is 0. The molecule has 12 heavy (non-hydrogen) atoms. The third-order valence-corrected chi connectivity index (χ3v) is 1.27. The van der Waals surface area contributed by atoms with Gasteiger partial charge in [-0.2, -0.15) is 0 Å². The average molecular weight is 167 g/mol. The maximum Gasteiger partial charge on any atom is 0.358 e. The quantitative estimate of drug-likeness (QED) is 0.322. The predicted octanol–water partition coefficient (Wildman–Crippen LogP) is -0.196. The van der Waals surface area contributed by atoms with Crippen LogP contribution in [0, 0.1) is 0 Å². The number of hydrogen-bond donors (Lipinski definition) is 3. The van der Waals surface area contributed by atoms with E-state index >= 15 is 0 Å². The summed E-state index contributed by atoms with van der Waals surface area (Å²) in [7, 11) is 0. The van der Waals surface area contributed by atoms with Gasteiger partial charge in [-0.15, -0.1) is 0 Å². The molecular formula is C7H9N3O2. The van der Waals surface area contributed by atoms with E-state index in [1.807, 2.05) is 0 Å². The lowest BCUT2D eigenvalue weighted by Gasteiger charge is -2.00. The average Bonchev–Trinajstić information content (AvgIpc) is 2.05. The maximum atomic E-state index is 11.0. The molecule has 5 heteroatoms. The van der Waals surface area contributed by atoms with Gasteiger partial charge >= 0.3 is 5.97 Å². The second-order valence-corrected chi connectivity index (χ2v) is 2.13. The van der Waals surface area contributed by atoms with Crippen molar-refractivity contribution in [1.82, 2.24) is 5.59 Å². The Morgan fingerprint density at radius 3 is 2.83 bits per heavy atom. The Balaban J connectivity index is 2.81. The van der Waals surface area contributed by atoms with Gasteiger partial charge in [0.1, 0.15) is 0 Å². The lowest BCUT2D eigenvalue weighted by molar-refractivity contribution is 0.0254. The maximum absolute atomic E-state index is 11.0. The number of nitrogens with two attached hydrogens (primary N) is 2. The van der Waals surface area contributed by atoms with Gasteiger partial charge in [-0.1, -0.05) is 11.7 Å². The van der Waals surface area contributed by atoms with Gasteiger partial charge in [0.2, 0.25) is 0 Å². The Kier molecular flexibility index (Phi) is 2.62. The van der Waals surface area contributed by atoms with Crippen molar-refractivity contribution in [3.8, 4) is 0 Å². The van der Waals surface area contributed by atoms with Crippen LogP contribution in [0.1, 0.15) is 10.4 Å². The normalized spacial score (nSPS) is 9.42. The summed E-state index contributed by atoms with van der Waals surface area (Å²) in [5, 5.41) is 0. The third-order valence-electron chi connectivity index (χ3n) is 1.27. The standard InChI is InChI=1S/C7H9N3O2/c8-6-3-1-2-5(4-6)7(11)12-10-9/h1-4,10H,8-9H2. The summed E-state index contributed by atoms with van der Waals surface area (Å²) in [4.78, 5) is 15.3. The molecule has 5 nitrogen and oxygen atoms in total. The highest BCUT2D eigenvalue weighted by Crippen LogP contribution is 2.06. The first-order valence-corrected chi connectivity index (χ1v) is 3.26. The molecule has 0 fully saturated rings. The Hall–Kier alpha value is -1.59. The van der Waals surface area contributed by atoms with E-state index in [2.05, 4.69) is 4.84 Å². The Bertz CT molecular complexity index is 288. The Labute approximate surface area is 69.2 Å². The van der Waals surface area contributed by atoms with Gasteiger partial charge in [0.15, 0.2) is 0 Å². The fourth-order valence-corrected chi connectivity index (χ4v) is 0.778. The van der Waals surface area contributed by atoms with Crippen molar-refractivity contribution >= 4 is 11.7 Å². The van der Waals surface area contributed by atoms with E-state index in [-0.39, 0.29) is 0 Å². The van der Waals surface area contributed by atoms with Crippen LogP contribution >= 0.6 is 0 Å². The minimum Gasteiger partial charge on any atom is -0.399 e. The zero-order valence-corrected chi connectivity index (χ0v) is 6.28. The SMILES string of the molecule is NNOC(=O)c1cccc(N)c1. The van der Waals surface area contributed by atoms with Crippen LogP contribution < -0.4 is 17.2 Å². The van der Waals surface area contributed by atoms with E-state index in [4.69, 9.17) is 11.6 Å². The van der Waals surface area contributed by atoms with Crippen LogP contribution in [0.25, 0.3) is 0 Å². The number of rotatable bonds is 2. The summed E-state index contributed by atoms with van der Waals surface area (Å²) >= 11 is 0. The summed E-state index contributed by atoms with van der Waals surface area (Å²) in [5.41, 5.74) is 8.08. The van der Waals surface area contributed by atoms with E-state index in [1.165, 1.54) is 6.07 Å². The van der Waals surface area contributed by atoms with Crippen LogP contribution in [0.5, 0.6) is 0 Å². The topological polar surface area (TPSA) is 90.4 Å². The van der Waals surface area contributed by atoms with Crippen LogP contribution in [0.2, 0.25) is 0 Å². The lowest BCUT2D eigenvalue weighted by atomic mass is 10.2.